The quantitative estimate of drug-likeness (QED) is 0.457. The van der Waals surface area contributed by atoms with E-state index >= 15 is 0 Å². The van der Waals surface area contributed by atoms with Crippen LogP contribution in [0.4, 0.5) is 11.4 Å². The molecule has 0 aliphatic carbocycles. The van der Waals surface area contributed by atoms with Crippen molar-refractivity contribution in [1.82, 2.24) is 5.32 Å². The molecule has 1 aromatic heterocycles. The lowest BCUT2D eigenvalue weighted by atomic mass is 10.2. The zero-order valence-electron chi connectivity index (χ0n) is 14.6. The normalized spacial score (nSPS) is 11.7. The lowest BCUT2D eigenvalue weighted by Crippen LogP contribution is -2.38. The number of nitro benzene ring substituents is 1. The van der Waals surface area contributed by atoms with Crippen LogP contribution in [-0.2, 0) is 14.3 Å². The number of hydrogen-bond acceptors (Lipinski definition) is 6. The van der Waals surface area contributed by atoms with E-state index in [1.807, 2.05) is 19.1 Å². The van der Waals surface area contributed by atoms with Crippen LogP contribution in [0.5, 0.6) is 0 Å². The molecular weight excluding hydrogens is 358 g/mol. The van der Waals surface area contributed by atoms with Gasteiger partial charge in [0.05, 0.1) is 10.6 Å². The lowest BCUT2D eigenvalue weighted by Gasteiger charge is -2.14. The minimum atomic E-state index is -0.897. The van der Waals surface area contributed by atoms with E-state index < -0.39 is 16.7 Å². The Morgan fingerprint density at radius 1 is 1.23 bits per heavy atom. The van der Waals surface area contributed by atoms with Gasteiger partial charge in [0.2, 0.25) is 0 Å². The number of aryl methyl sites for hydroxylation is 2. The molecule has 0 radical (unpaired) electrons. The predicted molar refractivity (Wildman–Crippen MR) is 98.3 cm³/mol. The number of amides is 2. The number of non-ortho nitro benzene ring substituents is 1. The van der Waals surface area contributed by atoms with Crippen LogP contribution in [0.1, 0.15) is 21.4 Å². The van der Waals surface area contributed by atoms with Crippen LogP contribution in [0.15, 0.2) is 30.3 Å². The third-order valence-electron chi connectivity index (χ3n) is 3.70. The van der Waals surface area contributed by atoms with Crippen molar-refractivity contribution in [2.45, 2.75) is 20.0 Å². The first kappa shape index (κ1) is 19.5. The molecule has 2 amide bonds. The van der Waals surface area contributed by atoms with Crippen LogP contribution in [0.25, 0.3) is 0 Å². The van der Waals surface area contributed by atoms with Crippen molar-refractivity contribution < 1.29 is 19.2 Å². The molecule has 8 nitrogen and oxygen atoms in total. The van der Waals surface area contributed by atoms with E-state index in [2.05, 4.69) is 10.6 Å². The fraction of sp³-hybridized carbons (Fsp3) is 0.294. The smallest absolute Gasteiger partial charge is 0.313 e. The number of ether oxygens (including phenoxy) is 1. The summed E-state index contributed by atoms with van der Waals surface area (Å²) < 4.78 is 5.35. The predicted octanol–water partition coefficient (Wildman–Crippen LogP) is 2.72. The summed E-state index contributed by atoms with van der Waals surface area (Å²) in [4.78, 5) is 36.4. The number of hydrogen-bond donors (Lipinski definition) is 2. The fourth-order valence-electron chi connectivity index (χ4n) is 2.23. The van der Waals surface area contributed by atoms with E-state index in [-0.39, 0.29) is 24.0 Å². The van der Waals surface area contributed by atoms with Crippen molar-refractivity contribution in [2.75, 3.05) is 19.0 Å². The molecule has 9 heteroatoms. The zero-order chi connectivity index (χ0) is 19.3. The Kier molecular flexibility index (Phi) is 6.42. The van der Waals surface area contributed by atoms with Crippen molar-refractivity contribution in [3.05, 3.63) is 55.8 Å². The number of carbonyl (C=O) groups excluding carboxylic acids is 2. The summed E-state index contributed by atoms with van der Waals surface area (Å²) in [5.74, 6) is -1.74. The van der Waals surface area contributed by atoms with E-state index in [0.717, 1.165) is 9.75 Å². The van der Waals surface area contributed by atoms with Gasteiger partial charge >= 0.3 is 11.8 Å². The molecule has 2 aromatic rings. The summed E-state index contributed by atoms with van der Waals surface area (Å²) in [6.07, 6.45) is -0.356. The van der Waals surface area contributed by atoms with Gasteiger partial charge in [-0.05, 0) is 31.5 Å². The molecule has 26 heavy (non-hydrogen) atoms. The largest absolute Gasteiger partial charge is 0.374 e. The highest BCUT2D eigenvalue weighted by Gasteiger charge is 2.19. The van der Waals surface area contributed by atoms with Crippen LogP contribution in [-0.4, -0.2) is 30.4 Å². The molecule has 138 valence electrons. The van der Waals surface area contributed by atoms with E-state index in [4.69, 9.17) is 4.74 Å². The molecule has 0 saturated heterocycles. The molecule has 1 aromatic carbocycles. The Morgan fingerprint density at radius 3 is 2.54 bits per heavy atom. The number of rotatable bonds is 6. The molecule has 2 rings (SSSR count). The molecule has 1 heterocycles. The van der Waals surface area contributed by atoms with Gasteiger partial charge in [0, 0.05) is 35.5 Å². The molecule has 0 saturated carbocycles. The Labute approximate surface area is 154 Å². The fourth-order valence-corrected chi connectivity index (χ4v) is 3.18. The minimum Gasteiger partial charge on any atom is -0.374 e. The van der Waals surface area contributed by atoms with Crippen LogP contribution in [0.2, 0.25) is 0 Å². The Hall–Kier alpha value is -2.78. The zero-order valence-corrected chi connectivity index (χ0v) is 15.4. The third-order valence-corrected chi connectivity index (χ3v) is 4.79. The number of benzene rings is 1. The summed E-state index contributed by atoms with van der Waals surface area (Å²) in [5.41, 5.74) is 0.663. The van der Waals surface area contributed by atoms with Crippen LogP contribution in [0.3, 0.4) is 0 Å². The second-order valence-corrected chi connectivity index (χ2v) is 6.91. The molecule has 0 aliphatic heterocycles. The minimum absolute atomic E-state index is 0.136. The van der Waals surface area contributed by atoms with E-state index in [1.165, 1.54) is 25.3 Å². The highest BCUT2D eigenvalue weighted by Crippen LogP contribution is 2.24. The van der Waals surface area contributed by atoms with Gasteiger partial charge in [-0.3, -0.25) is 19.7 Å². The lowest BCUT2D eigenvalue weighted by molar-refractivity contribution is -0.384. The second-order valence-electron chi connectivity index (χ2n) is 5.59. The van der Waals surface area contributed by atoms with Gasteiger partial charge in [0.15, 0.2) is 0 Å². The summed E-state index contributed by atoms with van der Waals surface area (Å²) in [6.45, 7) is 3.78. The Bertz CT molecular complexity index is 834. The number of methoxy groups -OCH3 is 1. The van der Waals surface area contributed by atoms with E-state index in [0.29, 0.717) is 5.56 Å². The number of carbonyl (C=O) groups is 2. The summed E-state index contributed by atoms with van der Waals surface area (Å²) >= 11 is 1.55. The van der Waals surface area contributed by atoms with Crippen LogP contribution < -0.4 is 10.6 Å². The maximum absolute atomic E-state index is 12.1. The van der Waals surface area contributed by atoms with Crippen molar-refractivity contribution in [3.63, 3.8) is 0 Å². The maximum atomic E-state index is 12.1. The molecule has 2 N–H and O–H groups in total. The first-order chi connectivity index (χ1) is 12.3. The average molecular weight is 377 g/mol. The molecular formula is C17H19N3O5S. The molecule has 0 bridgehead atoms. The first-order valence-corrected chi connectivity index (χ1v) is 8.56. The highest BCUT2D eigenvalue weighted by molar-refractivity contribution is 7.12. The average Bonchev–Trinajstić information content (AvgIpc) is 3.03. The second kappa shape index (κ2) is 8.54. The summed E-state index contributed by atoms with van der Waals surface area (Å²) in [7, 11) is 1.53. The topological polar surface area (TPSA) is 111 Å². The van der Waals surface area contributed by atoms with Crippen molar-refractivity contribution in [3.8, 4) is 0 Å². The van der Waals surface area contributed by atoms with Gasteiger partial charge in [-0.25, -0.2) is 0 Å². The molecule has 1 unspecified atom stereocenters. The molecule has 0 fully saturated rings. The summed E-state index contributed by atoms with van der Waals surface area (Å²) in [5, 5.41) is 15.7. The number of nitrogens with zero attached hydrogens (tertiary/aromatic N) is 1. The number of thiophene rings is 1. The number of nitro groups is 1. The Morgan fingerprint density at radius 2 is 1.96 bits per heavy atom. The first-order valence-electron chi connectivity index (χ1n) is 7.75. The van der Waals surface area contributed by atoms with Crippen molar-refractivity contribution in [1.29, 1.82) is 0 Å². The van der Waals surface area contributed by atoms with E-state index in [9.17, 15) is 19.7 Å². The number of anilines is 1. The van der Waals surface area contributed by atoms with Gasteiger partial charge in [-0.15, -0.1) is 11.3 Å². The van der Waals surface area contributed by atoms with Crippen molar-refractivity contribution >= 4 is 34.5 Å². The van der Waals surface area contributed by atoms with Crippen LogP contribution in [0, 0.1) is 24.0 Å². The standard InChI is InChI=1S/C17H19N3O5S/c1-10-4-6-12(20(23)24)8-13(10)19-17(22)16(21)18-9-14(25-3)15-7-5-11(2)26-15/h4-8,14H,9H2,1-3H3,(H,18,21)(H,19,22). The molecule has 1 atom stereocenters. The third kappa shape index (κ3) is 4.87. The maximum Gasteiger partial charge on any atom is 0.313 e. The Balaban J connectivity index is 1.98. The SMILES string of the molecule is COC(CNC(=O)C(=O)Nc1cc([N+](=O)[O-])ccc1C)c1ccc(C)s1. The highest BCUT2D eigenvalue weighted by atomic mass is 32.1. The summed E-state index contributed by atoms with van der Waals surface area (Å²) in [6, 6.07) is 7.91. The van der Waals surface area contributed by atoms with Gasteiger partial charge in [-0.2, -0.15) is 0 Å². The van der Waals surface area contributed by atoms with Gasteiger partial charge in [-0.1, -0.05) is 6.07 Å². The molecule has 0 spiro atoms. The van der Waals surface area contributed by atoms with E-state index in [1.54, 1.807) is 18.3 Å². The van der Waals surface area contributed by atoms with Crippen molar-refractivity contribution in [2.24, 2.45) is 0 Å². The van der Waals surface area contributed by atoms with Crippen LogP contribution >= 0.6 is 11.3 Å². The molecule has 0 aliphatic rings. The monoisotopic (exact) mass is 377 g/mol. The van der Waals surface area contributed by atoms with Gasteiger partial charge < -0.3 is 15.4 Å². The number of nitrogens with one attached hydrogen (secondary N) is 2. The van der Waals surface area contributed by atoms with Gasteiger partial charge in [0.1, 0.15) is 6.10 Å². The van der Waals surface area contributed by atoms with Gasteiger partial charge in [0.25, 0.3) is 5.69 Å².